The van der Waals surface area contributed by atoms with E-state index in [4.69, 9.17) is 50.3 Å². The van der Waals surface area contributed by atoms with Crippen LogP contribution in [0.15, 0.2) is 25.3 Å². The van der Waals surface area contributed by atoms with Crippen LogP contribution < -0.4 is 11.5 Å². The number of aliphatic hydroxyl groups excluding tert-OH is 4. The second kappa shape index (κ2) is 20.0. The van der Waals surface area contributed by atoms with Crippen molar-refractivity contribution in [2.75, 3.05) is 24.7 Å². The summed E-state index contributed by atoms with van der Waals surface area (Å²) < 4.78 is 104. The molecule has 2 aliphatic rings. The zero-order chi connectivity index (χ0) is 46.4. The fourth-order valence-electron chi connectivity index (χ4n) is 5.25. The molecule has 16 N–H and O–H groups in total. The van der Waals surface area contributed by atoms with Crippen LogP contribution in [0.4, 0.5) is 11.6 Å². The van der Waals surface area contributed by atoms with Gasteiger partial charge in [0.1, 0.15) is 60.3 Å². The Morgan fingerprint density at radius 1 is 0.524 bits per heavy atom. The molecule has 63 heavy (non-hydrogen) atoms. The van der Waals surface area contributed by atoms with Crippen molar-refractivity contribution in [3.05, 3.63) is 25.3 Å². The van der Waals surface area contributed by atoms with Crippen molar-refractivity contribution in [2.45, 2.75) is 49.1 Å². The number of phosphoric ester groups is 2. The van der Waals surface area contributed by atoms with Gasteiger partial charge in [0.05, 0.1) is 25.9 Å². The zero-order valence-electron chi connectivity index (χ0n) is 30.2. The van der Waals surface area contributed by atoms with Crippen molar-refractivity contribution >= 4 is 80.9 Å². The number of phosphoric acid groups is 6. The van der Waals surface area contributed by atoms with Gasteiger partial charge in [-0.25, -0.2) is 57.3 Å². The summed E-state index contributed by atoms with van der Waals surface area (Å²) in [4.78, 5) is 94.5. The normalized spacial score (nSPS) is 28.0. The molecular weight excluding hydrogens is 1040 g/mol. The number of ether oxygens (including phenoxy) is 2. The van der Waals surface area contributed by atoms with Gasteiger partial charge in [-0.2, -0.15) is 17.2 Å². The summed E-state index contributed by atoms with van der Waals surface area (Å²) in [6.45, 7) is -1.91. The minimum absolute atomic E-state index is 0. The van der Waals surface area contributed by atoms with E-state index in [1.54, 1.807) is 0 Å². The van der Waals surface area contributed by atoms with Gasteiger partial charge < -0.3 is 80.5 Å². The molecule has 43 heteroatoms. The van der Waals surface area contributed by atoms with Crippen LogP contribution in [0.1, 0.15) is 12.5 Å². The summed E-state index contributed by atoms with van der Waals surface area (Å²) in [7, 11) is -33.4. The van der Waals surface area contributed by atoms with Crippen LogP contribution in [-0.4, -0.2) is 148 Å². The molecule has 355 valence electrons. The third-order valence-electron chi connectivity index (χ3n) is 7.63. The molecule has 0 saturated carbocycles. The van der Waals surface area contributed by atoms with Crippen LogP contribution in [0.5, 0.6) is 0 Å². The first-order chi connectivity index (χ1) is 28.4. The van der Waals surface area contributed by atoms with E-state index in [1.165, 1.54) is 21.8 Å². The minimum atomic E-state index is -5.70. The topological polar surface area (TPSA) is 558 Å². The van der Waals surface area contributed by atoms with Gasteiger partial charge in [-0.05, 0) is 0 Å². The largest absolute Gasteiger partial charge is 0.490 e. The third kappa shape index (κ3) is 13.9. The van der Waals surface area contributed by atoms with E-state index in [2.05, 4.69) is 56.2 Å². The van der Waals surface area contributed by atoms with Crippen LogP contribution in [0.2, 0.25) is 0 Å². The number of aromatic nitrogens is 8. The third-order valence-corrected chi connectivity index (χ3v) is 15.2. The fourth-order valence-corrected chi connectivity index (χ4v) is 11.3. The Labute approximate surface area is 358 Å². The Morgan fingerprint density at radius 2 is 0.857 bits per heavy atom. The summed E-state index contributed by atoms with van der Waals surface area (Å²) in [5.41, 5.74) is 12.0. The van der Waals surface area contributed by atoms with Crippen LogP contribution in [0, 0.1) is 0 Å². The molecule has 2 saturated heterocycles. The van der Waals surface area contributed by atoms with E-state index in [1.807, 2.05) is 0 Å². The molecule has 6 unspecified atom stereocenters. The predicted octanol–water partition coefficient (Wildman–Crippen LogP) is -3.26. The second-order valence-electron chi connectivity index (χ2n) is 12.0. The summed E-state index contributed by atoms with van der Waals surface area (Å²) in [6.07, 6.45) is -7.38. The Balaban J connectivity index is 0.000000272. The monoisotopic (exact) mass is 1070 g/mol. The number of nitrogens with two attached hydrogens (primary N) is 2. The number of aliphatic hydroxyl groups is 4. The number of hydrogen-bond acceptors (Lipinski definition) is 26. The van der Waals surface area contributed by atoms with Gasteiger partial charge in [-0.1, -0.05) is 0 Å². The summed E-state index contributed by atoms with van der Waals surface area (Å²) in [6, 6.07) is 0. The van der Waals surface area contributed by atoms with Crippen LogP contribution in [0.3, 0.4) is 0 Å². The number of nitrogens with zero attached hydrogens (tertiary/aromatic N) is 8. The molecule has 12 atom stereocenters. The molecule has 36 nitrogen and oxygen atoms in total. The zero-order valence-corrected chi connectivity index (χ0v) is 36.8. The first-order valence-electron chi connectivity index (χ1n) is 15.8. The van der Waals surface area contributed by atoms with E-state index in [0.717, 1.165) is 12.7 Å². The Bertz CT molecular complexity index is 2390. The number of fused-ring (bicyclic) bond motifs is 2. The summed E-state index contributed by atoms with van der Waals surface area (Å²) in [5.74, 6) is 0.0852. The van der Waals surface area contributed by atoms with Crippen LogP contribution in [-0.2, 0) is 80.2 Å². The molecule has 0 amide bonds. The van der Waals surface area contributed by atoms with Crippen molar-refractivity contribution in [2.24, 2.45) is 0 Å². The molecule has 2 fully saturated rings. The van der Waals surface area contributed by atoms with Gasteiger partial charge in [-0.15, -0.1) is 0 Å². The van der Waals surface area contributed by atoms with Gasteiger partial charge >= 0.3 is 46.9 Å². The standard InChI is InChI=1S/2C10H16N5O13P3.Mn/c2*11-8-5-9(13-2-12-8)15(3-14-5)10-7(17)6(16)4(26-10)1-25-30(21,22)28-31(23,24)27-29(18,19)20;/h2*2-4,6-7,10,16-17H,1H2,(H,21,22)(H,23,24)(H2,11,12,13)(H2,18,19,20);/t4-,6?,7+,10-;4-,6+,7?,10-;/m11./s1. The van der Waals surface area contributed by atoms with E-state index < -0.39 is 109 Å². The maximum absolute atomic E-state index is 11.8. The Hall–Kier alpha value is -2.20. The molecule has 1 radical (unpaired) electrons. The molecule has 2 aliphatic heterocycles. The van der Waals surface area contributed by atoms with Crippen molar-refractivity contribution in [1.29, 1.82) is 0 Å². The van der Waals surface area contributed by atoms with Crippen molar-refractivity contribution in [1.82, 2.24) is 39.0 Å². The smallest absolute Gasteiger partial charge is 0.387 e. The number of anilines is 2. The van der Waals surface area contributed by atoms with Crippen molar-refractivity contribution < 1.29 is 140 Å². The first kappa shape index (κ1) is 53.4. The van der Waals surface area contributed by atoms with Crippen LogP contribution >= 0.6 is 46.9 Å². The minimum Gasteiger partial charge on any atom is -0.387 e. The van der Waals surface area contributed by atoms with Crippen molar-refractivity contribution in [3.8, 4) is 0 Å². The maximum Gasteiger partial charge on any atom is 0.490 e. The number of rotatable bonds is 16. The van der Waals surface area contributed by atoms with E-state index in [9.17, 15) is 57.6 Å². The first-order valence-corrected chi connectivity index (χ1v) is 24.9. The SMILES string of the molecule is Nc1ncnc2c1ncn2[C@@H]1O[C@H](COP(=O)(O)OP(=O)(O)OP(=O)(O)O)C(O)[C@@H]1O.Nc1ncnc2c1ncn2[C@@H]1O[C@H](COP(=O)(O)OP(=O)(O)OP(=O)(O)O)[C@H](O)C1O.[Mn]. The van der Waals surface area contributed by atoms with Crippen LogP contribution in [0.25, 0.3) is 22.3 Å². The molecule has 0 aliphatic carbocycles. The van der Waals surface area contributed by atoms with Gasteiger partial charge in [0.2, 0.25) is 0 Å². The quantitative estimate of drug-likeness (QED) is 0.0387. The van der Waals surface area contributed by atoms with E-state index in [-0.39, 0.29) is 51.0 Å². The van der Waals surface area contributed by atoms with E-state index >= 15 is 0 Å². The van der Waals surface area contributed by atoms with Gasteiger partial charge in [0.25, 0.3) is 0 Å². The Kier molecular flexibility index (Phi) is 16.9. The molecule has 0 bridgehead atoms. The number of hydrogen-bond donors (Lipinski definition) is 14. The average molecular weight is 1070 g/mol. The maximum atomic E-state index is 11.8. The molecule has 6 rings (SSSR count). The molecule has 0 aromatic carbocycles. The molecule has 4 aromatic heterocycles. The number of imidazole rings is 2. The van der Waals surface area contributed by atoms with Gasteiger partial charge in [0.15, 0.2) is 35.4 Å². The average Bonchev–Trinajstić information content (AvgIpc) is 3.86. The summed E-state index contributed by atoms with van der Waals surface area (Å²) >= 11 is 0. The number of nitrogen functional groups attached to an aromatic ring is 2. The second-order valence-corrected chi connectivity index (χ2v) is 20.9. The van der Waals surface area contributed by atoms with Gasteiger partial charge in [0, 0.05) is 17.1 Å². The molecular formula is C20H32MnN10O26P6. The fraction of sp³-hybridized carbons (Fsp3) is 0.500. The molecule has 6 heterocycles. The molecule has 4 aromatic rings. The summed E-state index contributed by atoms with van der Waals surface area (Å²) in [5, 5.41) is 40.8. The van der Waals surface area contributed by atoms with Crippen molar-refractivity contribution in [3.63, 3.8) is 0 Å². The van der Waals surface area contributed by atoms with Gasteiger partial charge in [-0.3, -0.25) is 18.2 Å². The Morgan fingerprint density at radius 3 is 1.17 bits per heavy atom. The predicted molar refractivity (Wildman–Crippen MR) is 191 cm³/mol. The molecule has 0 spiro atoms. The van der Waals surface area contributed by atoms with E-state index in [0.29, 0.717) is 0 Å².